The van der Waals surface area contributed by atoms with Crippen molar-refractivity contribution in [2.45, 2.75) is 25.3 Å². The number of carbonyl (C=O) groups is 1. The van der Waals surface area contributed by atoms with Gasteiger partial charge in [0.25, 0.3) is 0 Å². The van der Waals surface area contributed by atoms with Gasteiger partial charge in [0.1, 0.15) is 0 Å². The number of hydrogen-bond acceptors (Lipinski definition) is 4. The topological polar surface area (TPSA) is 41.6 Å². The molecule has 1 unspecified atom stereocenters. The second kappa shape index (κ2) is 9.11. The summed E-state index contributed by atoms with van der Waals surface area (Å²) in [5, 5.41) is 7.83. The number of nitrogens with one attached hydrogen (secondary N) is 1. The molecule has 2 saturated heterocycles. The molecule has 0 saturated carbocycles. The molecule has 5 rings (SSSR count). The quantitative estimate of drug-likeness (QED) is 0.772. The Kier molecular flexibility index (Phi) is 6.08. The van der Waals surface area contributed by atoms with E-state index in [0.717, 1.165) is 19.5 Å². The van der Waals surface area contributed by atoms with Crippen LogP contribution in [0.15, 0.2) is 64.9 Å². The lowest BCUT2D eigenvalue weighted by molar-refractivity contribution is -0.142. The van der Waals surface area contributed by atoms with Crippen LogP contribution in [0.2, 0.25) is 0 Å². The van der Waals surface area contributed by atoms with E-state index in [1.54, 1.807) is 11.3 Å². The van der Waals surface area contributed by atoms with Gasteiger partial charge in [-0.3, -0.25) is 4.79 Å². The molecule has 0 bridgehead atoms. The van der Waals surface area contributed by atoms with Crippen LogP contribution in [0.5, 0.6) is 0 Å². The molecule has 5 heteroatoms. The number of amides is 1. The lowest BCUT2D eigenvalue weighted by Gasteiger charge is -2.40. The van der Waals surface area contributed by atoms with Crippen molar-refractivity contribution in [2.75, 3.05) is 32.8 Å². The van der Waals surface area contributed by atoms with E-state index in [0.29, 0.717) is 25.7 Å². The second-order valence-corrected chi connectivity index (χ2v) is 9.68. The molecule has 2 aromatic rings. The minimum absolute atomic E-state index is 0.0439. The Hall–Kier alpha value is -2.21. The number of ether oxygens (including phenoxy) is 1. The first-order valence-corrected chi connectivity index (χ1v) is 12.2. The maximum absolute atomic E-state index is 13.9. The van der Waals surface area contributed by atoms with Crippen molar-refractivity contribution in [3.63, 3.8) is 0 Å². The SMILES string of the molecule is CC1C=CC=C([C@H]2COCCN2C(=O)[C@@H]2CNC[C@H]2c2ccccc2-c2ccsc2)C1. The van der Waals surface area contributed by atoms with Gasteiger partial charge in [-0.15, -0.1) is 0 Å². The number of nitrogens with zero attached hydrogens (tertiary/aromatic N) is 1. The molecular weight excluding hydrogens is 404 g/mol. The summed E-state index contributed by atoms with van der Waals surface area (Å²) >= 11 is 1.72. The van der Waals surface area contributed by atoms with E-state index in [-0.39, 0.29) is 23.8 Å². The van der Waals surface area contributed by atoms with Crippen LogP contribution in [0, 0.1) is 11.8 Å². The summed E-state index contributed by atoms with van der Waals surface area (Å²) in [5.74, 6) is 0.924. The van der Waals surface area contributed by atoms with Crippen LogP contribution in [-0.4, -0.2) is 49.7 Å². The fourth-order valence-corrected chi connectivity index (χ4v) is 5.93. The van der Waals surface area contributed by atoms with Gasteiger partial charge < -0.3 is 15.0 Å². The van der Waals surface area contributed by atoms with Crippen LogP contribution in [0.1, 0.15) is 24.8 Å². The highest BCUT2D eigenvalue weighted by molar-refractivity contribution is 7.08. The molecule has 4 atom stereocenters. The molecule has 1 aromatic heterocycles. The molecule has 1 aromatic carbocycles. The number of thiophene rings is 1. The van der Waals surface area contributed by atoms with Crippen molar-refractivity contribution in [1.82, 2.24) is 10.2 Å². The molecule has 3 aliphatic rings. The average molecular weight is 435 g/mol. The number of benzene rings is 1. The van der Waals surface area contributed by atoms with E-state index in [9.17, 15) is 4.79 Å². The highest BCUT2D eigenvalue weighted by atomic mass is 32.1. The number of rotatable bonds is 4. The van der Waals surface area contributed by atoms with Crippen molar-refractivity contribution in [3.8, 4) is 11.1 Å². The van der Waals surface area contributed by atoms with Gasteiger partial charge >= 0.3 is 0 Å². The van der Waals surface area contributed by atoms with Crippen molar-refractivity contribution < 1.29 is 9.53 Å². The highest BCUT2D eigenvalue weighted by Crippen LogP contribution is 2.38. The molecule has 3 heterocycles. The summed E-state index contributed by atoms with van der Waals surface area (Å²) in [6.07, 6.45) is 7.56. The molecule has 1 aliphatic carbocycles. The van der Waals surface area contributed by atoms with Crippen LogP contribution in [0.4, 0.5) is 0 Å². The maximum atomic E-state index is 13.9. The molecule has 2 fully saturated rings. The van der Waals surface area contributed by atoms with Crippen LogP contribution in [-0.2, 0) is 9.53 Å². The summed E-state index contributed by atoms with van der Waals surface area (Å²) in [6, 6.07) is 10.8. The third-order valence-electron chi connectivity index (χ3n) is 6.87. The Morgan fingerprint density at radius 2 is 2.13 bits per heavy atom. The van der Waals surface area contributed by atoms with Gasteiger partial charge in [0, 0.05) is 25.6 Å². The van der Waals surface area contributed by atoms with E-state index in [1.807, 2.05) is 0 Å². The monoisotopic (exact) mass is 434 g/mol. The lowest BCUT2D eigenvalue weighted by atomic mass is 9.83. The summed E-state index contributed by atoms with van der Waals surface area (Å²) < 4.78 is 5.82. The summed E-state index contributed by atoms with van der Waals surface area (Å²) in [7, 11) is 0. The third-order valence-corrected chi connectivity index (χ3v) is 7.55. The molecule has 4 nitrogen and oxygen atoms in total. The van der Waals surface area contributed by atoms with Gasteiger partial charge in [0.15, 0.2) is 0 Å². The summed E-state index contributed by atoms with van der Waals surface area (Å²) in [6.45, 7) is 5.72. The zero-order chi connectivity index (χ0) is 21.2. The van der Waals surface area contributed by atoms with Crippen molar-refractivity contribution in [2.24, 2.45) is 11.8 Å². The highest BCUT2D eigenvalue weighted by Gasteiger charge is 2.41. The molecule has 1 amide bonds. The number of allylic oxidation sites excluding steroid dienone is 3. The fraction of sp³-hybridized carbons (Fsp3) is 0.423. The van der Waals surface area contributed by atoms with Crippen LogP contribution in [0.3, 0.4) is 0 Å². The standard InChI is InChI=1S/C26H30N2O2S/c1-18-5-4-6-19(13-18)25-16-30-11-10-28(25)26(29)24-15-27-14-23(24)22-8-3-2-7-21(22)20-9-12-31-17-20/h2-9,12,17-18,23-25,27H,10-11,13-16H2,1H3/t18?,23-,24+,25+/m0/s1. The summed E-state index contributed by atoms with van der Waals surface area (Å²) in [4.78, 5) is 16.0. The minimum atomic E-state index is -0.0439. The van der Waals surface area contributed by atoms with Crippen molar-refractivity contribution in [1.29, 1.82) is 0 Å². The van der Waals surface area contributed by atoms with Crippen LogP contribution < -0.4 is 5.32 Å². The Balaban J connectivity index is 1.42. The van der Waals surface area contributed by atoms with Crippen LogP contribution in [0.25, 0.3) is 11.1 Å². The molecule has 2 aliphatic heterocycles. The Morgan fingerprint density at radius 3 is 2.97 bits per heavy atom. The normalized spacial score (nSPS) is 28.5. The average Bonchev–Trinajstić information content (AvgIpc) is 3.51. The van der Waals surface area contributed by atoms with Gasteiger partial charge in [0.2, 0.25) is 5.91 Å². The fourth-order valence-electron chi connectivity index (χ4n) is 5.28. The predicted molar refractivity (Wildman–Crippen MR) is 126 cm³/mol. The van der Waals surface area contributed by atoms with Gasteiger partial charge in [-0.2, -0.15) is 11.3 Å². The lowest BCUT2D eigenvalue weighted by Crippen LogP contribution is -2.52. The first-order chi connectivity index (χ1) is 15.2. The Bertz CT molecular complexity index is 981. The Morgan fingerprint density at radius 1 is 1.23 bits per heavy atom. The smallest absolute Gasteiger partial charge is 0.228 e. The molecule has 0 spiro atoms. The van der Waals surface area contributed by atoms with E-state index >= 15 is 0 Å². The van der Waals surface area contributed by atoms with E-state index in [2.05, 4.69) is 76.5 Å². The zero-order valence-electron chi connectivity index (χ0n) is 18.0. The third kappa shape index (κ3) is 4.14. The first-order valence-electron chi connectivity index (χ1n) is 11.3. The minimum Gasteiger partial charge on any atom is -0.377 e. The summed E-state index contributed by atoms with van der Waals surface area (Å²) in [5.41, 5.74) is 5.10. The van der Waals surface area contributed by atoms with E-state index < -0.39 is 0 Å². The molecule has 162 valence electrons. The molecule has 0 radical (unpaired) electrons. The van der Waals surface area contributed by atoms with Crippen LogP contribution >= 0.6 is 11.3 Å². The number of morpholine rings is 1. The van der Waals surface area contributed by atoms with Gasteiger partial charge in [0.05, 0.1) is 25.2 Å². The van der Waals surface area contributed by atoms with E-state index in [4.69, 9.17) is 4.74 Å². The van der Waals surface area contributed by atoms with Gasteiger partial charge in [-0.25, -0.2) is 0 Å². The Labute approximate surface area is 188 Å². The predicted octanol–water partition coefficient (Wildman–Crippen LogP) is 4.47. The van der Waals surface area contributed by atoms with E-state index in [1.165, 1.54) is 22.3 Å². The van der Waals surface area contributed by atoms with Crippen molar-refractivity contribution in [3.05, 3.63) is 70.5 Å². The van der Waals surface area contributed by atoms with Crippen molar-refractivity contribution >= 4 is 17.2 Å². The van der Waals surface area contributed by atoms with Gasteiger partial charge in [-0.05, 0) is 51.4 Å². The number of hydrogen-bond donors (Lipinski definition) is 1. The van der Waals surface area contributed by atoms with Gasteiger partial charge in [-0.1, -0.05) is 49.4 Å². The second-order valence-electron chi connectivity index (χ2n) is 8.90. The molecule has 31 heavy (non-hydrogen) atoms. The molecule has 1 N–H and O–H groups in total. The zero-order valence-corrected chi connectivity index (χ0v) is 18.8. The largest absolute Gasteiger partial charge is 0.377 e. The maximum Gasteiger partial charge on any atom is 0.228 e. The molecular formula is C26H30N2O2S. The number of carbonyl (C=O) groups excluding carboxylic acids is 1. The first kappa shape index (κ1) is 20.7.